The third kappa shape index (κ3) is 2.47. The molecule has 0 heterocycles. The molecule has 0 atom stereocenters. The van der Waals surface area contributed by atoms with E-state index in [9.17, 15) is 4.79 Å². The summed E-state index contributed by atoms with van der Waals surface area (Å²) in [5.41, 5.74) is 1.49. The number of rotatable bonds is 4. The van der Waals surface area contributed by atoms with Crippen molar-refractivity contribution in [3.05, 3.63) is 21.7 Å². The molecule has 5 heteroatoms. The lowest BCUT2D eigenvalue weighted by molar-refractivity contribution is -0.136. The third-order valence-electron chi connectivity index (χ3n) is 2.19. The Morgan fingerprint density at radius 3 is 2.38 bits per heavy atom. The maximum absolute atomic E-state index is 10.7. The third-order valence-corrected chi connectivity index (χ3v) is 2.91. The Balaban J connectivity index is 3.34. The Labute approximate surface area is 102 Å². The zero-order valence-corrected chi connectivity index (χ0v) is 10.9. The standard InChI is InChI=1S/C11H13BrO4/c1-6-4-7(5-8(13)14)11(16-3)9(12)10(6)15-2/h4H,5H2,1-3H3,(H,13,14). The minimum Gasteiger partial charge on any atom is -0.495 e. The van der Waals surface area contributed by atoms with E-state index in [0.717, 1.165) is 5.56 Å². The van der Waals surface area contributed by atoms with Crippen molar-refractivity contribution in [2.45, 2.75) is 13.3 Å². The van der Waals surface area contributed by atoms with Gasteiger partial charge in [0, 0.05) is 5.56 Å². The predicted octanol–water partition coefficient (Wildman–Crippen LogP) is 2.40. The van der Waals surface area contributed by atoms with Crippen molar-refractivity contribution in [3.63, 3.8) is 0 Å². The molecule has 0 radical (unpaired) electrons. The van der Waals surface area contributed by atoms with E-state index in [1.54, 1.807) is 13.2 Å². The zero-order valence-electron chi connectivity index (χ0n) is 9.33. The summed E-state index contributed by atoms with van der Waals surface area (Å²) in [5, 5.41) is 8.79. The smallest absolute Gasteiger partial charge is 0.307 e. The van der Waals surface area contributed by atoms with E-state index >= 15 is 0 Å². The number of benzene rings is 1. The van der Waals surface area contributed by atoms with E-state index in [2.05, 4.69) is 15.9 Å². The molecule has 0 saturated carbocycles. The lowest BCUT2D eigenvalue weighted by Gasteiger charge is -2.14. The molecule has 0 unspecified atom stereocenters. The van der Waals surface area contributed by atoms with Crippen molar-refractivity contribution in [1.82, 2.24) is 0 Å². The minimum atomic E-state index is -0.894. The van der Waals surface area contributed by atoms with Gasteiger partial charge in [0.15, 0.2) is 0 Å². The van der Waals surface area contributed by atoms with Gasteiger partial charge in [-0.1, -0.05) is 0 Å². The number of carboxylic acid groups (broad SMARTS) is 1. The first kappa shape index (κ1) is 12.8. The molecule has 0 fully saturated rings. The maximum Gasteiger partial charge on any atom is 0.307 e. The number of aliphatic carboxylic acids is 1. The van der Waals surface area contributed by atoms with Gasteiger partial charge < -0.3 is 14.6 Å². The quantitative estimate of drug-likeness (QED) is 0.924. The molecular weight excluding hydrogens is 276 g/mol. The first-order valence-electron chi connectivity index (χ1n) is 4.63. The number of ether oxygens (including phenoxy) is 2. The average molecular weight is 289 g/mol. The fourth-order valence-corrected chi connectivity index (χ4v) is 2.47. The van der Waals surface area contributed by atoms with Crippen LogP contribution in [-0.2, 0) is 11.2 Å². The molecule has 1 aromatic carbocycles. The lowest BCUT2D eigenvalue weighted by atomic mass is 10.1. The van der Waals surface area contributed by atoms with Gasteiger partial charge in [0.25, 0.3) is 0 Å². The van der Waals surface area contributed by atoms with Crippen LogP contribution >= 0.6 is 15.9 Å². The summed E-state index contributed by atoms with van der Waals surface area (Å²) in [6, 6.07) is 1.76. The summed E-state index contributed by atoms with van der Waals surface area (Å²) in [7, 11) is 3.06. The van der Waals surface area contributed by atoms with Gasteiger partial charge in [0.1, 0.15) is 16.0 Å². The topological polar surface area (TPSA) is 55.8 Å². The predicted molar refractivity (Wildman–Crippen MR) is 63.3 cm³/mol. The molecule has 0 aliphatic rings. The number of carbonyl (C=O) groups is 1. The van der Waals surface area contributed by atoms with Crippen molar-refractivity contribution in [2.75, 3.05) is 14.2 Å². The molecule has 0 spiro atoms. The van der Waals surface area contributed by atoms with Gasteiger partial charge in [-0.15, -0.1) is 0 Å². The van der Waals surface area contributed by atoms with E-state index in [4.69, 9.17) is 14.6 Å². The van der Waals surface area contributed by atoms with Crippen LogP contribution in [0, 0.1) is 6.92 Å². The van der Waals surface area contributed by atoms with Crippen LogP contribution < -0.4 is 9.47 Å². The van der Waals surface area contributed by atoms with Gasteiger partial charge in [-0.3, -0.25) is 4.79 Å². The number of methoxy groups -OCH3 is 2. The van der Waals surface area contributed by atoms with E-state index in [1.807, 2.05) is 6.92 Å². The monoisotopic (exact) mass is 288 g/mol. The first-order valence-corrected chi connectivity index (χ1v) is 5.42. The molecule has 0 amide bonds. The largest absolute Gasteiger partial charge is 0.495 e. The summed E-state index contributed by atoms with van der Waals surface area (Å²) < 4.78 is 11.0. The van der Waals surface area contributed by atoms with Crippen LogP contribution in [0.3, 0.4) is 0 Å². The Bertz CT molecular complexity index is 415. The molecule has 0 aromatic heterocycles. The summed E-state index contributed by atoms with van der Waals surface area (Å²) in [6.07, 6.45) is -0.0768. The molecule has 0 saturated heterocycles. The molecular formula is C11H13BrO4. The molecule has 0 aliphatic carbocycles. The Morgan fingerprint density at radius 2 is 1.94 bits per heavy atom. The van der Waals surface area contributed by atoms with Gasteiger partial charge in [-0.25, -0.2) is 0 Å². The normalized spacial score (nSPS) is 10.0. The van der Waals surface area contributed by atoms with Crippen molar-refractivity contribution < 1.29 is 19.4 Å². The molecule has 16 heavy (non-hydrogen) atoms. The van der Waals surface area contributed by atoms with Gasteiger partial charge >= 0.3 is 5.97 Å². The van der Waals surface area contributed by atoms with Crippen molar-refractivity contribution in [2.24, 2.45) is 0 Å². The molecule has 1 rings (SSSR count). The van der Waals surface area contributed by atoms with Gasteiger partial charge in [0.2, 0.25) is 0 Å². The fraction of sp³-hybridized carbons (Fsp3) is 0.364. The second-order valence-corrected chi connectivity index (χ2v) is 4.10. The molecule has 88 valence electrons. The minimum absolute atomic E-state index is 0.0768. The second-order valence-electron chi connectivity index (χ2n) is 3.30. The molecule has 0 bridgehead atoms. The van der Waals surface area contributed by atoms with Crippen molar-refractivity contribution in [1.29, 1.82) is 0 Å². The van der Waals surface area contributed by atoms with Crippen LogP contribution in [0.5, 0.6) is 11.5 Å². The highest BCUT2D eigenvalue weighted by Crippen LogP contribution is 2.39. The van der Waals surface area contributed by atoms with Crippen LogP contribution in [0.25, 0.3) is 0 Å². The number of halogens is 1. The SMILES string of the molecule is COc1c(C)cc(CC(=O)O)c(OC)c1Br. The van der Waals surface area contributed by atoms with E-state index < -0.39 is 5.97 Å². The van der Waals surface area contributed by atoms with E-state index in [1.165, 1.54) is 7.11 Å². The molecule has 0 aliphatic heterocycles. The van der Waals surface area contributed by atoms with Crippen LogP contribution in [0.4, 0.5) is 0 Å². The van der Waals surface area contributed by atoms with Crippen LogP contribution in [-0.4, -0.2) is 25.3 Å². The average Bonchev–Trinajstić information content (AvgIpc) is 2.17. The Morgan fingerprint density at radius 1 is 1.38 bits per heavy atom. The summed E-state index contributed by atoms with van der Waals surface area (Å²) in [5.74, 6) is 0.269. The van der Waals surface area contributed by atoms with Gasteiger partial charge in [-0.05, 0) is 34.5 Å². The highest BCUT2D eigenvalue weighted by Gasteiger charge is 2.17. The van der Waals surface area contributed by atoms with Crippen LogP contribution in [0.15, 0.2) is 10.5 Å². The molecule has 4 nitrogen and oxygen atoms in total. The Kier molecular flexibility index (Phi) is 4.18. The van der Waals surface area contributed by atoms with Crippen molar-refractivity contribution in [3.8, 4) is 11.5 Å². The number of hydrogen-bond acceptors (Lipinski definition) is 3. The number of aryl methyl sites for hydroxylation is 1. The van der Waals surface area contributed by atoms with E-state index in [-0.39, 0.29) is 6.42 Å². The molecule has 1 aromatic rings. The van der Waals surface area contributed by atoms with E-state index in [0.29, 0.717) is 21.5 Å². The van der Waals surface area contributed by atoms with Gasteiger partial charge in [0.05, 0.1) is 20.6 Å². The maximum atomic E-state index is 10.7. The van der Waals surface area contributed by atoms with Crippen LogP contribution in [0.2, 0.25) is 0 Å². The van der Waals surface area contributed by atoms with Gasteiger partial charge in [-0.2, -0.15) is 0 Å². The lowest BCUT2D eigenvalue weighted by Crippen LogP contribution is -2.04. The summed E-state index contributed by atoms with van der Waals surface area (Å²) in [6.45, 7) is 1.86. The summed E-state index contributed by atoms with van der Waals surface area (Å²) in [4.78, 5) is 10.7. The zero-order chi connectivity index (χ0) is 12.3. The highest BCUT2D eigenvalue weighted by molar-refractivity contribution is 9.10. The van der Waals surface area contributed by atoms with Crippen LogP contribution in [0.1, 0.15) is 11.1 Å². The van der Waals surface area contributed by atoms with Crippen molar-refractivity contribution >= 4 is 21.9 Å². The highest BCUT2D eigenvalue weighted by atomic mass is 79.9. The molecule has 1 N–H and O–H groups in total. The first-order chi connectivity index (χ1) is 7.51. The second kappa shape index (κ2) is 5.21. The Hall–Kier alpha value is -1.23. The number of carboxylic acids is 1. The summed E-state index contributed by atoms with van der Waals surface area (Å²) >= 11 is 3.35. The fourth-order valence-electron chi connectivity index (χ4n) is 1.58. The number of hydrogen-bond donors (Lipinski definition) is 1.